The van der Waals surface area contributed by atoms with E-state index in [2.05, 4.69) is 10.6 Å². The van der Waals surface area contributed by atoms with Gasteiger partial charge in [-0.25, -0.2) is 9.59 Å². The van der Waals surface area contributed by atoms with Crippen LogP contribution in [-0.4, -0.2) is 170 Å². The van der Waals surface area contributed by atoms with E-state index >= 15 is 0 Å². The average molecular weight is 985 g/mol. The fourth-order valence-corrected chi connectivity index (χ4v) is 8.38. The van der Waals surface area contributed by atoms with Crippen molar-refractivity contribution >= 4 is 93.1 Å². The zero-order valence-electron chi connectivity index (χ0n) is 37.4. The molecule has 0 spiro atoms. The van der Waals surface area contributed by atoms with Gasteiger partial charge in [0.05, 0.1) is 0 Å². The summed E-state index contributed by atoms with van der Waals surface area (Å²) in [6, 6.07) is -2.78. The molecule has 2 rings (SSSR count). The Morgan fingerprint density at radius 1 is 0.394 bits per heavy atom. The monoisotopic (exact) mass is 984 g/mol. The minimum absolute atomic E-state index is 0.233. The van der Waals surface area contributed by atoms with Crippen LogP contribution in [0.5, 0.6) is 0 Å². The summed E-state index contributed by atoms with van der Waals surface area (Å²) in [5.41, 5.74) is 0. The summed E-state index contributed by atoms with van der Waals surface area (Å²) in [6.07, 6.45) is -16.2. The maximum absolute atomic E-state index is 13.4. The third-order valence-corrected chi connectivity index (χ3v) is 10.6. The van der Waals surface area contributed by atoms with E-state index in [-0.39, 0.29) is 11.5 Å². The predicted molar refractivity (Wildman–Crippen MR) is 216 cm³/mol. The predicted octanol–water partition coefficient (Wildman–Crippen LogP) is -1.37. The molecule has 0 aromatic rings. The largest absolute Gasteiger partial charge is 0.461 e. The first kappa shape index (κ1) is 56.4. The van der Waals surface area contributed by atoms with E-state index in [0.29, 0.717) is 0 Å². The number of rotatable bonds is 21. The Labute approximate surface area is 384 Å². The number of nitrogens with one attached hydrogen (secondary N) is 2. The van der Waals surface area contributed by atoms with E-state index in [4.69, 9.17) is 56.8 Å². The summed E-state index contributed by atoms with van der Waals surface area (Å²) in [5, 5.41) is 4.80. The third kappa shape index (κ3) is 19.4. The number of ether oxygens (including phenoxy) is 12. The fourth-order valence-electron chi connectivity index (χ4n) is 6.09. The van der Waals surface area contributed by atoms with Crippen molar-refractivity contribution in [2.75, 3.05) is 24.7 Å². The van der Waals surface area contributed by atoms with E-state index in [1.165, 1.54) is 0 Å². The first-order valence-electron chi connectivity index (χ1n) is 19.6. The zero-order valence-corrected chi connectivity index (χ0v) is 39.0. The molecule has 0 aromatic heterocycles. The number of esters is 10. The molecule has 2 aliphatic heterocycles. The fraction of sp³-hybridized carbons (Fsp3) is 0.684. The van der Waals surface area contributed by atoms with Crippen molar-refractivity contribution in [2.24, 2.45) is 0 Å². The molecule has 2 fully saturated rings. The van der Waals surface area contributed by atoms with Crippen molar-refractivity contribution in [3.63, 3.8) is 0 Å². The van der Waals surface area contributed by atoms with Crippen LogP contribution in [0.4, 0.5) is 0 Å². The normalized spacial score (nSPS) is 25.4. The topological polar surface area (TPSA) is 340 Å². The van der Waals surface area contributed by atoms with Gasteiger partial charge in [0.1, 0.15) is 37.5 Å². The van der Waals surface area contributed by atoms with Crippen LogP contribution in [-0.2, 0) is 114 Å². The molecule has 0 radical (unpaired) electrons. The van der Waals surface area contributed by atoms with Crippen molar-refractivity contribution in [3.05, 3.63) is 0 Å². The van der Waals surface area contributed by atoms with Crippen LogP contribution in [0.15, 0.2) is 0 Å². The van der Waals surface area contributed by atoms with Crippen molar-refractivity contribution in [3.8, 4) is 0 Å². The van der Waals surface area contributed by atoms with E-state index in [9.17, 15) is 57.5 Å². The minimum Gasteiger partial charge on any atom is -0.461 e. The maximum Gasteiger partial charge on any atom is 0.329 e. The second-order valence-electron chi connectivity index (χ2n) is 14.1. The molecule has 2 N–H and O–H groups in total. The molecule has 66 heavy (non-hydrogen) atoms. The molecule has 2 amide bonds. The summed E-state index contributed by atoms with van der Waals surface area (Å²) in [7, 11) is 1.85. The van der Waals surface area contributed by atoms with E-state index in [1.807, 2.05) is 0 Å². The molecule has 2 saturated heterocycles. The highest BCUT2D eigenvalue weighted by molar-refractivity contribution is 8.76. The highest BCUT2D eigenvalue weighted by Gasteiger charge is 2.55. The Hall–Kier alpha value is -5.74. The zero-order chi connectivity index (χ0) is 50.0. The molecule has 12 atom stereocenters. The summed E-state index contributed by atoms with van der Waals surface area (Å²) in [5.74, 6) is -11.3. The van der Waals surface area contributed by atoms with Crippen LogP contribution in [0, 0.1) is 0 Å². The lowest BCUT2D eigenvalue weighted by atomic mass is 9.98. The minimum atomic E-state index is -1.74. The molecular formula is C38H52N2O24S2. The van der Waals surface area contributed by atoms with Gasteiger partial charge in [-0.15, -0.1) is 0 Å². The standard InChI is InChI=1S/C38H52N2O24S2/c1-15(41)39-25(35(51)53-11-27-29(55-17(3)43)31(57-19(5)45)33(59-21(7)47)37(63-27)61-23(9)49)13-65-66-14-26(40-16(2)42)36(52)54-12-28-30(56-18(4)44)32(58-20(6)46)34(60-22(8)48)38(64-28)62-24(10)50/h25-34,37-38H,11-14H2,1-10H3,(H,39,41)(H,40,42). The number of amides is 2. The highest BCUT2D eigenvalue weighted by Crippen LogP contribution is 2.32. The quantitative estimate of drug-likeness (QED) is 0.0580. The lowest BCUT2D eigenvalue weighted by molar-refractivity contribution is -0.300. The molecule has 0 aromatic carbocycles. The van der Waals surface area contributed by atoms with Gasteiger partial charge in [0.15, 0.2) is 24.4 Å². The number of carbonyl (C=O) groups is 12. The maximum atomic E-state index is 13.4. The van der Waals surface area contributed by atoms with Gasteiger partial charge in [-0.2, -0.15) is 0 Å². The second kappa shape index (κ2) is 27.0. The Balaban J connectivity index is 2.25. The first-order chi connectivity index (χ1) is 30.8. The molecule has 26 nitrogen and oxygen atoms in total. The lowest BCUT2D eigenvalue weighted by Gasteiger charge is -2.43. The van der Waals surface area contributed by atoms with Crippen molar-refractivity contribution in [2.45, 2.75) is 143 Å². The average Bonchev–Trinajstić information content (AvgIpc) is 3.16. The molecule has 0 saturated carbocycles. The molecule has 0 bridgehead atoms. The Bertz CT molecular complexity index is 1700. The van der Waals surface area contributed by atoms with Crippen LogP contribution in [0.2, 0.25) is 0 Å². The van der Waals surface area contributed by atoms with Crippen molar-refractivity contribution in [1.82, 2.24) is 10.6 Å². The Morgan fingerprint density at radius 2 is 0.652 bits per heavy atom. The van der Waals surface area contributed by atoms with Gasteiger partial charge >= 0.3 is 59.7 Å². The van der Waals surface area contributed by atoms with Gasteiger partial charge in [0.25, 0.3) is 0 Å². The van der Waals surface area contributed by atoms with Crippen LogP contribution in [0.3, 0.4) is 0 Å². The van der Waals surface area contributed by atoms with E-state index in [0.717, 1.165) is 90.8 Å². The first-order valence-corrected chi connectivity index (χ1v) is 22.1. The van der Waals surface area contributed by atoms with Crippen LogP contribution in [0.1, 0.15) is 69.2 Å². The van der Waals surface area contributed by atoms with Gasteiger partial charge in [0, 0.05) is 80.7 Å². The summed E-state index contributed by atoms with van der Waals surface area (Å²) >= 11 is 0. The number of carbonyl (C=O) groups excluding carboxylic acids is 12. The highest BCUT2D eigenvalue weighted by atomic mass is 33.1. The van der Waals surface area contributed by atoms with Gasteiger partial charge < -0.3 is 67.5 Å². The third-order valence-electron chi connectivity index (χ3n) is 8.22. The molecule has 2 heterocycles. The summed E-state index contributed by atoms with van der Waals surface area (Å²) in [6.45, 7) is 8.70. The molecular weight excluding hydrogens is 933 g/mol. The summed E-state index contributed by atoms with van der Waals surface area (Å²) in [4.78, 5) is 147. The molecule has 2 aliphatic rings. The lowest BCUT2D eigenvalue weighted by Crippen LogP contribution is -2.63. The number of hydrogen-bond acceptors (Lipinski definition) is 26. The van der Waals surface area contributed by atoms with Crippen LogP contribution in [0.25, 0.3) is 0 Å². The van der Waals surface area contributed by atoms with E-state index in [1.54, 1.807) is 0 Å². The van der Waals surface area contributed by atoms with Crippen LogP contribution >= 0.6 is 21.6 Å². The second-order valence-corrected chi connectivity index (χ2v) is 16.6. The van der Waals surface area contributed by atoms with Gasteiger partial charge in [0.2, 0.25) is 36.6 Å². The Kier molecular flexibility index (Phi) is 23.1. The van der Waals surface area contributed by atoms with Crippen LogP contribution < -0.4 is 10.6 Å². The van der Waals surface area contributed by atoms with Crippen molar-refractivity contribution < 1.29 is 114 Å². The van der Waals surface area contributed by atoms with Gasteiger partial charge in [-0.05, 0) is 0 Å². The molecule has 28 heteroatoms. The Morgan fingerprint density at radius 3 is 0.909 bits per heavy atom. The van der Waals surface area contributed by atoms with Gasteiger partial charge in [-0.1, -0.05) is 21.6 Å². The molecule has 12 unspecified atom stereocenters. The van der Waals surface area contributed by atoms with Gasteiger partial charge in [-0.3, -0.25) is 47.9 Å². The number of hydrogen-bond donors (Lipinski definition) is 2. The van der Waals surface area contributed by atoms with E-state index < -0.39 is 158 Å². The summed E-state index contributed by atoms with van der Waals surface area (Å²) < 4.78 is 64.3. The van der Waals surface area contributed by atoms with Crippen molar-refractivity contribution in [1.29, 1.82) is 0 Å². The molecule has 0 aliphatic carbocycles. The SMILES string of the molecule is CC(=O)NC(CSSCC(NC(C)=O)C(=O)OCC1OC(OC(C)=O)C(OC(C)=O)C(OC(C)=O)C1OC(C)=O)C(=O)OCC1OC(OC(C)=O)C(OC(C)=O)C(OC(C)=O)C1OC(C)=O. The molecule has 370 valence electrons. The smallest absolute Gasteiger partial charge is 0.329 e.